The molecule has 2 aromatic carbocycles. The number of ether oxygens (including phenoxy) is 5. The number of methoxy groups -OCH3 is 1. The SMILES string of the molecule is COc1cccc2c1C(=O)c1c(O)c3c(c(O)c1C2=O)C[C@@](O)(C(C)=O)C[C@@H]3O[C@H]1C[C@H](N)[C@H](O[C@@H]2O[C@@H](C)[C@H](O)[C@@H](O)[C@H]2O)[C@H](C)O1. The van der Waals surface area contributed by atoms with Crippen molar-refractivity contribution in [1.29, 1.82) is 0 Å². The first-order valence-electron chi connectivity index (χ1n) is 15.6. The van der Waals surface area contributed by atoms with E-state index in [0.29, 0.717) is 0 Å². The number of hydrogen-bond acceptors (Lipinski definition) is 15. The molecule has 48 heavy (non-hydrogen) atoms. The first-order chi connectivity index (χ1) is 22.6. The summed E-state index contributed by atoms with van der Waals surface area (Å²) in [6, 6.07) is 3.57. The monoisotopic (exact) mass is 673 g/mol. The number of hydrogen-bond donors (Lipinski definition) is 7. The van der Waals surface area contributed by atoms with E-state index in [9.17, 15) is 45.0 Å². The smallest absolute Gasteiger partial charge is 0.202 e. The summed E-state index contributed by atoms with van der Waals surface area (Å²) >= 11 is 0. The average molecular weight is 674 g/mol. The topological polar surface area (TPSA) is 245 Å². The Bertz CT molecular complexity index is 1650. The van der Waals surface area contributed by atoms with E-state index < -0.39 is 120 Å². The molecule has 4 aliphatic rings. The van der Waals surface area contributed by atoms with Crippen LogP contribution in [-0.2, 0) is 30.2 Å². The number of fused-ring (bicyclic) bond motifs is 3. The number of ketones is 3. The van der Waals surface area contributed by atoms with Crippen LogP contribution in [-0.4, -0.2) is 116 Å². The summed E-state index contributed by atoms with van der Waals surface area (Å²) in [6.07, 6.45) is -11.7. The molecule has 2 aliphatic carbocycles. The van der Waals surface area contributed by atoms with E-state index in [2.05, 4.69) is 0 Å². The number of nitrogens with two attached hydrogens (primary N) is 1. The molecule has 15 nitrogen and oxygen atoms in total. The van der Waals surface area contributed by atoms with E-state index in [1.54, 1.807) is 6.92 Å². The summed E-state index contributed by atoms with van der Waals surface area (Å²) in [6.45, 7) is 4.28. The zero-order chi connectivity index (χ0) is 35.0. The number of benzene rings is 2. The summed E-state index contributed by atoms with van der Waals surface area (Å²) in [5, 5.41) is 65.2. The van der Waals surface area contributed by atoms with Crippen molar-refractivity contribution >= 4 is 17.3 Å². The van der Waals surface area contributed by atoms with Crippen molar-refractivity contribution < 1.29 is 68.7 Å². The molecular formula is C33H39NO14. The minimum Gasteiger partial charge on any atom is -0.507 e. The van der Waals surface area contributed by atoms with Crippen LogP contribution in [0, 0.1) is 0 Å². The molecule has 0 amide bonds. The maximum Gasteiger partial charge on any atom is 0.202 e. The van der Waals surface area contributed by atoms with Crippen LogP contribution in [0.3, 0.4) is 0 Å². The van der Waals surface area contributed by atoms with Gasteiger partial charge in [0.15, 0.2) is 24.1 Å². The number of carbonyl (C=O) groups excluding carboxylic acids is 3. The number of phenolic OH excluding ortho intramolecular Hbond substituents is 2. The van der Waals surface area contributed by atoms with Gasteiger partial charge in [0.05, 0.1) is 42.1 Å². The lowest BCUT2D eigenvalue weighted by molar-refractivity contribution is -0.329. The highest BCUT2D eigenvalue weighted by Crippen LogP contribution is 2.52. The third-order valence-electron chi connectivity index (χ3n) is 9.86. The van der Waals surface area contributed by atoms with Gasteiger partial charge in [0.25, 0.3) is 0 Å². The number of carbonyl (C=O) groups is 3. The molecule has 6 rings (SSSR count). The Balaban J connectivity index is 1.33. The van der Waals surface area contributed by atoms with Crippen LogP contribution in [0.15, 0.2) is 18.2 Å². The molecular weight excluding hydrogens is 634 g/mol. The van der Waals surface area contributed by atoms with Gasteiger partial charge in [-0.15, -0.1) is 0 Å². The molecule has 8 N–H and O–H groups in total. The molecule has 11 atom stereocenters. The first kappa shape index (κ1) is 34.4. The van der Waals surface area contributed by atoms with Crippen molar-refractivity contribution in [3.05, 3.63) is 51.6 Å². The summed E-state index contributed by atoms with van der Waals surface area (Å²) in [5.41, 5.74) is 3.06. The summed E-state index contributed by atoms with van der Waals surface area (Å²) in [4.78, 5) is 40.2. The highest BCUT2D eigenvalue weighted by atomic mass is 16.7. The molecule has 2 aliphatic heterocycles. The summed E-state index contributed by atoms with van der Waals surface area (Å²) in [7, 11) is 1.32. The van der Waals surface area contributed by atoms with Crippen LogP contribution < -0.4 is 10.5 Å². The second kappa shape index (κ2) is 12.4. The first-order valence-corrected chi connectivity index (χ1v) is 15.6. The molecule has 15 heteroatoms. The second-order valence-electron chi connectivity index (χ2n) is 12.9. The number of aliphatic hydroxyl groups is 4. The highest BCUT2D eigenvalue weighted by molar-refractivity contribution is 6.31. The van der Waals surface area contributed by atoms with Crippen LogP contribution in [0.1, 0.15) is 82.7 Å². The maximum atomic E-state index is 13.8. The zero-order valence-electron chi connectivity index (χ0n) is 26.7. The quantitative estimate of drug-likeness (QED) is 0.169. The van der Waals surface area contributed by atoms with Gasteiger partial charge in [-0.3, -0.25) is 14.4 Å². The molecule has 0 bridgehead atoms. The van der Waals surface area contributed by atoms with Crippen LogP contribution >= 0.6 is 0 Å². The van der Waals surface area contributed by atoms with Gasteiger partial charge in [-0.25, -0.2) is 0 Å². The summed E-state index contributed by atoms with van der Waals surface area (Å²) < 4.78 is 29.0. The van der Waals surface area contributed by atoms with Gasteiger partial charge < -0.3 is 60.1 Å². The largest absolute Gasteiger partial charge is 0.507 e. The van der Waals surface area contributed by atoms with Crippen molar-refractivity contribution in [2.75, 3.05) is 7.11 Å². The predicted octanol–water partition coefficient (Wildman–Crippen LogP) is -0.119. The predicted molar refractivity (Wildman–Crippen MR) is 162 cm³/mol. The zero-order valence-corrected chi connectivity index (χ0v) is 26.7. The molecule has 0 spiro atoms. The number of aliphatic hydroxyl groups excluding tert-OH is 3. The maximum absolute atomic E-state index is 13.8. The molecule has 0 radical (unpaired) electrons. The fraction of sp³-hybridized carbons (Fsp3) is 0.545. The van der Waals surface area contributed by atoms with Gasteiger partial charge in [0.1, 0.15) is 47.3 Å². The lowest BCUT2D eigenvalue weighted by Crippen LogP contribution is -2.61. The Kier molecular flexibility index (Phi) is 8.89. The van der Waals surface area contributed by atoms with Crippen molar-refractivity contribution in [2.24, 2.45) is 5.73 Å². The third kappa shape index (κ3) is 5.39. The van der Waals surface area contributed by atoms with Crippen LogP contribution in [0.5, 0.6) is 17.2 Å². The average Bonchev–Trinajstić information content (AvgIpc) is 3.03. The van der Waals surface area contributed by atoms with Crippen molar-refractivity contribution in [3.63, 3.8) is 0 Å². The highest BCUT2D eigenvalue weighted by Gasteiger charge is 2.50. The number of Topliss-reactive ketones (excluding diaryl/α,β-unsaturated/α-hetero) is 1. The van der Waals surface area contributed by atoms with Crippen molar-refractivity contribution in [3.8, 4) is 17.2 Å². The molecule has 0 saturated carbocycles. The lowest BCUT2D eigenvalue weighted by Gasteiger charge is -2.45. The van der Waals surface area contributed by atoms with E-state index in [1.165, 1.54) is 32.2 Å². The molecule has 2 aromatic rings. The molecule has 260 valence electrons. The molecule has 0 aromatic heterocycles. The van der Waals surface area contributed by atoms with Gasteiger partial charge in [0.2, 0.25) is 5.78 Å². The molecule has 2 saturated heterocycles. The van der Waals surface area contributed by atoms with Crippen molar-refractivity contribution in [1.82, 2.24) is 0 Å². The normalized spacial score (nSPS) is 36.2. The van der Waals surface area contributed by atoms with Gasteiger partial charge in [-0.2, -0.15) is 0 Å². The molecule has 2 heterocycles. The van der Waals surface area contributed by atoms with Crippen LogP contribution in [0.2, 0.25) is 0 Å². The number of rotatable bonds is 6. The van der Waals surface area contributed by atoms with Crippen LogP contribution in [0.25, 0.3) is 0 Å². The van der Waals surface area contributed by atoms with Gasteiger partial charge >= 0.3 is 0 Å². The Morgan fingerprint density at radius 2 is 1.62 bits per heavy atom. The van der Waals surface area contributed by atoms with E-state index in [4.69, 9.17) is 29.4 Å². The third-order valence-corrected chi connectivity index (χ3v) is 9.86. The van der Waals surface area contributed by atoms with Crippen LogP contribution in [0.4, 0.5) is 0 Å². The second-order valence-corrected chi connectivity index (χ2v) is 12.9. The summed E-state index contributed by atoms with van der Waals surface area (Å²) in [5.74, 6) is -3.43. The minimum absolute atomic E-state index is 0.0391. The molecule has 2 fully saturated rings. The van der Waals surface area contributed by atoms with Crippen molar-refractivity contribution in [2.45, 2.75) is 107 Å². The Morgan fingerprint density at radius 1 is 0.938 bits per heavy atom. The van der Waals surface area contributed by atoms with E-state index in [0.717, 1.165) is 6.92 Å². The van der Waals surface area contributed by atoms with Gasteiger partial charge in [-0.1, -0.05) is 12.1 Å². The van der Waals surface area contributed by atoms with E-state index in [1.807, 2.05) is 0 Å². The molecule has 0 unspecified atom stereocenters. The van der Waals surface area contributed by atoms with E-state index >= 15 is 0 Å². The Labute approximate surface area is 274 Å². The lowest BCUT2D eigenvalue weighted by atomic mass is 9.72. The van der Waals surface area contributed by atoms with Gasteiger partial charge in [-0.05, 0) is 26.8 Å². The fourth-order valence-electron chi connectivity index (χ4n) is 7.14. The fourth-order valence-corrected chi connectivity index (χ4v) is 7.14. The number of phenols is 2. The number of aromatic hydroxyl groups is 2. The standard InChI is InChI=1S/C33H39NO14/c1-11-24(36)29(41)30(42)32(46-11)48-31-12(2)45-19(8-16(31)34)47-18-10-33(43,13(3)35)9-15-21(18)28(40)23-22(26(15)38)25(37)14-6-5-7-17(44-4)20(14)27(23)39/h5-7,11-12,16,18-19,24,29-32,36,38,40-43H,8-10,34H2,1-4H3/t11-,12-,16-,18-,19-,24-,29+,30+,31+,32-,33-/m0/s1. The Morgan fingerprint density at radius 3 is 2.27 bits per heavy atom. The Hall–Kier alpha value is -3.51. The van der Waals surface area contributed by atoms with Gasteiger partial charge in [0, 0.05) is 42.0 Å². The minimum atomic E-state index is -2.08. The van der Waals surface area contributed by atoms with E-state index in [-0.39, 0.29) is 34.4 Å².